The first-order valence-electron chi connectivity index (χ1n) is 7.33. The van der Waals surface area contributed by atoms with Crippen LogP contribution in [0, 0.1) is 5.82 Å². The van der Waals surface area contributed by atoms with Crippen LogP contribution in [0.15, 0.2) is 28.7 Å². The Hall–Kier alpha value is -2.63. The van der Waals surface area contributed by atoms with E-state index in [1.54, 1.807) is 31.1 Å². The fourth-order valence-corrected chi connectivity index (χ4v) is 2.70. The molecule has 1 aliphatic heterocycles. The van der Waals surface area contributed by atoms with Crippen molar-refractivity contribution in [1.29, 1.82) is 0 Å². The number of benzene rings is 1. The van der Waals surface area contributed by atoms with Crippen LogP contribution in [0.25, 0.3) is 16.5 Å². The van der Waals surface area contributed by atoms with Gasteiger partial charge in [-0.25, -0.2) is 4.39 Å². The number of carbonyl (C=O) groups excluding carboxylic acids is 2. The fourth-order valence-electron chi connectivity index (χ4n) is 2.70. The molecule has 2 amide bonds. The lowest BCUT2D eigenvalue weighted by atomic mass is 9.99. The van der Waals surface area contributed by atoms with Crippen molar-refractivity contribution in [2.24, 2.45) is 0 Å². The lowest BCUT2D eigenvalue weighted by Gasteiger charge is -2.23. The molecule has 0 fully saturated rings. The normalized spacial score (nSPS) is 14.7. The lowest BCUT2D eigenvalue weighted by molar-refractivity contribution is -0.117. The summed E-state index contributed by atoms with van der Waals surface area (Å²) in [5, 5.41) is 0.275. The third-order valence-electron chi connectivity index (χ3n) is 3.93. The number of fused-ring (bicyclic) bond motifs is 1. The highest BCUT2D eigenvalue weighted by atomic mass is 19.1. The minimum Gasteiger partial charge on any atom is -0.451 e. The quantitative estimate of drug-likeness (QED) is 0.818. The molecule has 0 unspecified atom stereocenters. The van der Waals surface area contributed by atoms with Crippen LogP contribution in [-0.2, 0) is 4.79 Å². The van der Waals surface area contributed by atoms with Crippen LogP contribution in [0.4, 0.5) is 4.39 Å². The molecule has 0 atom stereocenters. The Balaban J connectivity index is 2.04. The van der Waals surface area contributed by atoms with Gasteiger partial charge in [-0.05, 0) is 24.1 Å². The zero-order valence-electron chi connectivity index (χ0n) is 13.0. The van der Waals surface area contributed by atoms with Gasteiger partial charge in [0, 0.05) is 38.8 Å². The van der Waals surface area contributed by atoms with E-state index < -0.39 is 5.82 Å². The lowest BCUT2D eigenvalue weighted by Crippen LogP contribution is -2.28. The third kappa shape index (κ3) is 2.72. The van der Waals surface area contributed by atoms with Crippen molar-refractivity contribution >= 4 is 28.9 Å². The van der Waals surface area contributed by atoms with E-state index in [0.29, 0.717) is 30.7 Å². The highest BCUT2D eigenvalue weighted by Gasteiger charge is 2.21. The first-order chi connectivity index (χ1) is 11.0. The number of amides is 2. The molecule has 0 saturated carbocycles. The van der Waals surface area contributed by atoms with Crippen LogP contribution < -0.4 is 0 Å². The monoisotopic (exact) mass is 316 g/mol. The van der Waals surface area contributed by atoms with Crippen LogP contribution in [-0.4, -0.2) is 49.3 Å². The van der Waals surface area contributed by atoms with Gasteiger partial charge >= 0.3 is 0 Å². The van der Waals surface area contributed by atoms with Crippen LogP contribution in [0.5, 0.6) is 0 Å². The average molecular weight is 316 g/mol. The van der Waals surface area contributed by atoms with Gasteiger partial charge in [0.15, 0.2) is 5.76 Å². The molecule has 0 N–H and O–H groups in total. The van der Waals surface area contributed by atoms with E-state index >= 15 is 0 Å². The SMILES string of the molecule is CN(C)C(=O)c1cc2c(F)c(C3=CCCN(C=O)C3)ccc2o1. The van der Waals surface area contributed by atoms with Gasteiger partial charge in [0.05, 0.1) is 5.39 Å². The van der Waals surface area contributed by atoms with Crippen molar-refractivity contribution < 1.29 is 18.4 Å². The van der Waals surface area contributed by atoms with E-state index in [1.807, 2.05) is 6.08 Å². The number of rotatable bonds is 3. The number of hydrogen-bond acceptors (Lipinski definition) is 3. The summed E-state index contributed by atoms with van der Waals surface area (Å²) in [6, 6.07) is 4.71. The molecule has 5 nitrogen and oxygen atoms in total. The summed E-state index contributed by atoms with van der Waals surface area (Å²) in [7, 11) is 3.22. The Morgan fingerprint density at radius 1 is 1.39 bits per heavy atom. The van der Waals surface area contributed by atoms with Gasteiger partial charge in [0.25, 0.3) is 5.91 Å². The summed E-state index contributed by atoms with van der Waals surface area (Å²) in [5.41, 5.74) is 1.54. The molecule has 1 aromatic heterocycles. The minimum absolute atomic E-state index is 0.105. The molecule has 0 bridgehead atoms. The molecule has 2 aromatic rings. The second kappa shape index (κ2) is 5.87. The molecule has 3 rings (SSSR count). The van der Waals surface area contributed by atoms with Crippen LogP contribution in [0.1, 0.15) is 22.5 Å². The molecular formula is C17H17FN2O3. The van der Waals surface area contributed by atoms with Gasteiger partial charge in [0.2, 0.25) is 6.41 Å². The highest BCUT2D eigenvalue weighted by molar-refractivity contribution is 5.96. The molecule has 0 aliphatic carbocycles. The Morgan fingerprint density at radius 3 is 2.87 bits per heavy atom. The van der Waals surface area contributed by atoms with Crippen LogP contribution >= 0.6 is 0 Å². The smallest absolute Gasteiger partial charge is 0.289 e. The number of halogens is 1. The molecule has 0 saturated heterocycles. The zero-order chi connectivity index (χ0) is 16.6. The summed E-state index contributed by atoms with van der Waals surface area (Å²) in [5.74, 6) is -0.637. The van der Waals surface area contributed by atoms with E-state index in [0.717, 1.165) is 12.0 Å². The summed E-state index contributed by atoms with van der Waals surface area (Å²) >= 11 is 0. The van der Waals surface area contributed by atoms with E-state index in [4.69, 9.17) is 4.42 Å². The summed E-state index contributed by atoms with van der Waals surface area (Å²) in [4.78, 5) is 25.9. The van der Waals surface area contributed by atoms with Crippen LogP contribution in [0.2, 0.25) is 0 Å². The van der Waals surface area contributed by atoms with Crippen molar-refractivity contribution in [3.05, 3.63) is 41.4 Å². The molecule has 2 heterocycles. The third-order valence-corrected chi connectivity index (χ3v) is 3.93. The topological polar surface area (TPSA) is 53.8 Å². The van der Waals surface area contributed by atoms with Crippen molar-refractivity contribution in [3.8, 4) is 0 Å². The van der Waals surface area contributed by atoms with E-state index in [1.165, 1.54) is 11.0 Å². The van der Waals surface area contributed by atoms with E-state index in [9.17, 15) is 14.0 Å². The highest BCUT2D eigenvalue weighted by Crippen LogP contribution is 2.30. The predicted molar refractivity (Wildman–Crippen MR) is 84.4 cm³/mol. The average Bonchev–Trinajstić information content (AvgIpc) is 2.99. The van der Waals surface area contributed by atoms with E-state index in [2.05, 4.69) is 0 Å². The Bertz CT molecular complexity index is 808. The van der Waals surface area contributed by atoms with Gasteiger partial charge in [-0.2, -0.15) is 0 Å². The van der Waals surface area contributed by atoms with Crippen LogP contribution in [0.3, 0.4) is 0 Å². The molecule has 23 heavy (non-hydrogen) atoms. The Morgan fingerprint density at radius 2 is 2.17 bits per heavy atom. The number of furan rings is 1. The molecule has 0 spiro atoms. The summed E-state index contributed by atoms with van der Waals surface area (Å²) < 4.78 is 20.3. The predicted octanol–water partition coefficient (Wildman–Crippen LogP) is 2.52. The van der Waals surface area contributed by atoms with Crippen molar-refractivity contribution in [3.63, 3.8) is 0 Å². The maximum Gasteiger partial charge on any atom is 0.289 e. The molecule has 6 heteroatoms. The van der Waals surface area contributed by atoms with Crippen molar-refractivity contribution in [2.75, 3.05) is 27.2 Å². The molecule has 1 aromatic carbocycles. The standard InChI is InChI=1S/C17H17FN2O3/c1-19(2)17(22)15-8-13-14(23-15)6-5-12(16(13)18)11-4-3-7-20(9-11)10-21/h4-6,8,10H,3,7,9H2,1-2H3. The summed E-state index contributed by atoms with van der Waals surface area (Å²) in [6.07, 6.45) is 3.41. The molecule has 0 radical (unpaired) electrons. The largest absolute Gasteiger partial charge is 0.451 e. The van der Waals surface area contributed by atoms with Gasteiger partial charge in [0.1, 0.15) is 11.4 Å². The van der Waals surface area contributed by atoms with Gasteiger partial charge in [-0.1, -0.05) is 6.08 Å². The molecule has 1 aliphatic rings. The minimum atomic E-state index is -0.428. The van der Waals surface area contributed by atoms with Gasteiger partial charge in [-0.15, -0.1) is 0 Å². The second-order valence-corrected chi connectivity index (χ2v) is 5.74. The Labute approximate surface area is 133 Å². The second-order valence-electron chi connectivity index (χ2n) is 5.74. The fraction of sp³-hybridized carbons (Fsp3) is 0.294. The number of hydrogen-bond donors (Lipinski definition) is 0. The first kappa shape index (κ1) is 15.3. The zero-order valence-corrected chi connectivity index (χ0v) is 13.0. The van der Waals surface area contributed by atoms with Gasteiger partial charge < -0.3 is 14.2 Å². The molecular weight excluding hydrogens is 299 g/mol. The number of nitrogens with zero attached hydrogens (tertiary/aromatic N) is 2. The first-order valence-corrected chi connectivity index (χ1v) is 7.33. The van der Waals surface area contributed by atoms with Gasteiger partial charge in [-0.3, -0.25) is 9.59 Å². The number of carbonyl (C=O) groups is 2. The van der Waals surface area contributed by atoms with Crippen molar-refractivity contribution in [1.82, 2.24) is 9.80 Å². The molecule has 120 valence electrons. The summed E-state index contributed by atoms with van der Waals surface area (Å²) in [6.45, 7) is 1.03. The van der Waals surface area contributed by atoms with Crippen molar-refractivity contribution in [2.45, 2.75) is 6.42 Å². The maximum atomic E-state index is 14.8. The van der Waals surface area contributed by atoms with E-state index in [-0.39, 0.29) is 17.1 Å². The Kier molecular flexibility index (Phi) is 3.90. The maximum absolute atomic E-state index is 14.8.